The van der Waals surface area contributed by atoms with Crippen LogP contribution in [0.15, 0.2) is 52.8 Å². The molecule has 2 heterocycles. The Labute approximate surface area is 214 Å². The summed E-state index contributed by atoms with van der Waals surface area (Å²) in [5, 5.41) is 21.5. The smallest absolute Gasteiger partial charge is 0.350 e. The molecule has 4 aromatic rings. The van der Waals surface area contributed by atoms with Crippen LogP contribution in [0.5, 0.6) is 11.5 Å². The van der Waals surface area contributed by atoms with E-state index >= 15 is 4.39 Å². The maximum atomic E-state index is 15.2. The Hall–Kier alpha value is -4.52. The maximum absolute atomic E-state index is 15.2. The van der Waals surface area contributed by atoms with Gasteiger partial charge in [0, 0.05) is 35.7 Å². The summed E-state index contributed by atoms with van der Waals surface area (Å²) in [7, 11) is 2.90. The quantitative estimate of drug-likeness (QED) is 0.200. The summed E-state index contributed by atoms with van der Waals surface area (Å²) < 4.78 is 26.9. The zero-order valence-electron chi connectivity index (χ0n) is 20.2. The fraction of sp³-hybridized carbons (Fsp3) is 0.208. The third-order valence-corrected chi connectivity index (χ3v) is 5.90. The predicted octanol–water partition coefficient (Wildman–Crippen LogP) is 2.92. The van der Waals surface area contributed by atoms with Crippen molar-refractivity contribution in [2.45, 2.75) is 19.3 Å². The number of halogens is 1. The Morgan fingerprint density at radius 1 is 1.24 bits per heavy atom. The number of benzene rings is 2. The summed E-state index contributed by atoms with van der Waals surface area (Å²) in [5.74, 6) is -1.17. The number of nitrogen functional groups attached to an aromatic ring is 1. The summed E-state index contributed by atoms with van der Waals surface area (Å²) in [6.45, 7) is 1.08. The Bertz CT molecular complexity index is 1430. The minimum absolute atomic E-state index is 0.0458. The third kappa shape index (κ3) is 6.58. The van der Waals surface area contributed by atoms with Crippen LogP contribution in [0, 0.1) is 11.2 Å². The molecule has 0 amide bonds. The van der Waals surface area contributed by atoms with Gasteiger partial charge in [0.2, 0.25) is 5.13 Å². The topological polar surface area (TPSA) is 169 Å². The van der Waals surface area contributed by atoms with Gasteiger partial charge in [0.05, 0.1) is 20.1 Å². The van der Waals surface area contributed by atoms with E-state index in [-0.39, 0.29) is 23.0 Å². The first-order chi connectivity index (χ1) is 17.6. The van der Waals surface area contributed by atoms with Crippen molar-refractivity contribution in [2.75, 3.05) is 14.2 Å². The molecular formula is C24H25FN6O5S. The molecule has 0 aliphatic carbocycles. The number of carboxylic acids is 1. The van der Waals surface area contributed by atoms with E-state index in [0.29, 0.717) is 22.9 Å². The second-order valence-corrected chi connectivity index (χ2v) is 8.53. The van der Waals surface area contributed by atoms with Gasteiger partial charge in [0.25, 0.3) is 5.97 Å². The van der Waals surface area contributed by atoms with Crippen LogP contribution < -0.4 is 20.9 Å². The minimum atomic E-state index is -0.833. The SMILES string of the molecule is CC(=O)O.COc1cc(F)c(C(Cc2ccc(C(=N)N)cc2)c2nn(-c3nccs3)c(=O)[nH]2)cc1OC. The molecule has 11 nitrogen and oxygen atoms in total. The Balaban J connectivity index is 0.000000886. The second-order valence-electron chi connectivity index (χ2n) is 7.66. The molecule has 0 aliphatic rings. The molecule has 37 heavy (non-hydrogen) atoms. The number of hydrogen-bond acceptors (Lipinski definition) is 8. The average Bonchev–Trinajstić information content (AvgIpc) is 3.52. The number of aliphatic carboxylic acids is 1. The first kappa shape index (κ1) is 27.1. The first-order valence-electron chi connectivity index (χ1n) is 10.8. The van der Waals surface area contributed by atoms with Gasteiger partial charge in [-0.25, -0.2) is 14.2 Å². The molecule has 0 radical (unpaired) electrons. The van der Waals surface area contributed by atoms with E-state index in [4.69, 9.17) is 30.5 Å². The van der Waals surface area contributed by atoms with E-state index in [9.17, 15) is 4.79 Å². The summed E-state index contributed by atoms with van der Waals surface area (Å²) in [6, 6.07) is 9.84. The number of hydrogen-bond donors (Lipinski definition) is 4. The molecule has 194 valence electrons. The highest BCUT2D eigenvalue weighted by molar-refractivity contribution is 7.12. The van der Waals surface area contributed by atoms with Crippen LogP contribution in [0.2, 0.25) is 0 Å². The van der Waals surface area contributed by atoms with Crippen LogP contribution in [0.25, 0.3) is 5.13 Å². The van der Waals surface area contributed by atoms with Crippen molar-refractivity contribution in [1.82, 2.24) is 19.7 Å². The van der Waals surface area contributed by atoms with Crippen LogP contribution in [0.3, 0.4) is 0 Å². The lowest BCUT2D eigenvalue weighted by molar-refractivity contribution is -0.134. The van der Waals surface area contributed by atoms with Gasteiger partial charge in [-0.2, -0.15) is 4.68 Å². The van der Waals surface area contributed by atoms with Gasteiger partial charge < -0.3 is 20.3 Å². The number of ether oxygens (including phenoxy) is 2. The van der Waals surface area contributed by atoms with Crippen molar-refractivity contribution >= 4 is 23.1 Å². The number of aromatic amines is 1. The highest BCUT2D eigenvalue weighted by atomic mass is 32.1. The molecule has 4 rings (SSSR count). The lowest BCUT2D eigenvalue weighted by atomic mass is 9.90. The van der Waals surface area contributed by atoms with Crippen molar-refractivity contribution in [3.63, 3.8) is 0 Å². The predicted molar refractivity (Wildman–Crippen MR) is 136 cm³/mol. The number of nitrogens with one attached hydrogen (secondary N) is 2. The highest BCUT2D eigenvalue weighted by Gasteiger charge is 2.26. The Morgan fingerprint density at radius 3 is 2.41 bits per heavy atom. The van der Waals surface area contributed by atoms with Gasteiger partial charge in [-0.15, -0.1) is 16.4 Å². The molecule has 2 aromatic heterocycles. The maximum Gasteiger partial charge on any atom is 0.350 e. The van der Waals surface area contributed by atoms with Gasteiger partial charge in [-0.05, 0) is 18.1 Å². The van der Waals surface area contributed by atoms with E-state index in [1.54, 1.807) is 41.9 Å². The Morgan fingerprint density at radius 2 is 1.86 bits per heavy atom. The number of nitrogens with zero attached hydrogens (tertiary/aromatic N) is 3. The van der Waals surface area contributed by atoms with Crippen molar-refractivity contribution in [3.8, 4) is 16.6 Å². The number of nitrogens with two attached hydrogens (primary N) is 1. The number of carbonyl (C=O) groups is 1. The molecule has 2 aromatic carbocycles. The number of aromatic nitrogens is 4. The molecule has 0 saturated heterocycles. The molecular weight excluding hydrogens is 503 g/mol. The lowest BCUT2D eigenvalue weighted by Gasteiger charge is -2.18. The number of methoxy groups -OCH3 is 2. The number of thiazole rings is 1. The average molecular weight is 529 g/mol. The van der Waals surface area contributed by atoms with Gasteiger partial charge in [-0.1, -0.05) is 24.3 Å². The molecule has 0 fully saturated rings. The van der Waals surface area contributed by atoms with Crippen LogP contribution >= 0.6 is 11.3 Å². The zero-order chi connectivity index (χ0) is 27.1. The molecule has 0 spiro atoms. The van der Waals surface area contributed by atoms with Crippen molar-refractivity contribution in [3.05, 3.63) is 86.8 Å². The molecule has 1 atom stereocenters. The van der Waals surface area contributed by atoms with Crippen molar-refractivity contribution < 1.29 is 23.8 Å². The standard InChI is InChI=1S/C22H21FN6O3S.C2H4O2/c1-31-17-10-14(16(23)11-18(17)32-2)15(9-12-3-5-13(6-4-12)19(24)25)20-27-21(30)29(28-20)22-26-7-8-33-22;1-2(3)4/h3-8,10-11,15H,9H2,1-2H3,(H3,24,25)(H,27,28,30);1H3,(H,3,4). The summed E-state index contributed by atoms with van der Waals surface area (Å²) in [5.41, 5.74) is 6.76. The third-order valence-electron chi connectivity index (χ3n) is 5.15. The van der Waals surface area contributed by atoms with Crippen LogP contribution in [-0.4, -0.2) is 50.9 Å². The number of carboxylic acid groups (broad SMARTS) is 1. The normalized spacial score (nSPS) is 11.2. The molecule has 0 saturated carbocycles. The number of amidine groups is 1. The van der Waals surface area contributed by atoms with E-state index in [1.165, 1.54) is 31.6 Å². The fourth-order valence-corrected chi connectivity index (χ4v) is 4.08. The van der Waals surface area contributed by atoms with Gasteiger partial charge in [-0.3, -0.25) is 15.2 Å². The summed E-state index contributed by atoms with van der Waals surface area (Å²) in [6.07, 6.45) is 1.89. The van der Waals surface area contributed by atoms with Crippen LogP contribution in [0.1, 0.15) is 35.4 Å². The van der Waals surface area contributed by atoms with E-state index < -0.39 is 23.4 Å². The molecule has 0 aliphatic heterocycles. The second kappa shape index (κ2) is 11.9. The Kier molecular flexibility index (Phi) is 8.74. The lowest BCUT2D eigenvalue weighted by Crippen LogP contribution is -2.15. The van der Waals surface area contributed by atoms with Crippen molar-refractivity contribution in [1.29, 1.82) is 5.41 Å². The van der Waals surface area contributed by atoms with Gasteiger partial charge >= 0.3 is 5.69 Å². The monoisotopic (exact) mass is 528 g/mol. The van der Waals surface area contributed by atoms with Crippen LogP contribution in [-0.2, 0) is 11.2 Å². The van der Waals surface area contributed by atoms with E-state index in [2.05, 4.69) is 15.1 Å². The largest absolute Gasteiger partial charge is 0.493 e. The molecule has 13 heteroatoms. The highest BCUT2D eigenvalue weighted by Crippen LogP contribution is 2.36. The first-order valence-corrected chi connectivity index (χ1v) is 11.7. The fourth-order valence-electron chi connectivity index (χ4n) is 3.49. The van der Waals surface area contributed by atoms with E-state index in [1.807, 2.05) is 0 Å². The summed E-state index contributed by atoms with van der Waals surface area (Å²) in [4.78, 5) is 28.5. The van der Waals surface area contributed by atoms with E-state index in [0.717, 1.165) is 17.2 Å². The zero-order valence-corrected chi connectivity index (χ0v) is 21.0. The number of rotatable bonds is 8. The molecule has 1 unspecified atom stereocenters. The number of H-pyrrole nitrogens is 1. The van der Waals surface area contributed by atoms with Crippen LogP contribution in [0.4, 0.5) is 4.39 Å². The summed E-state index contributed by atoms with van der Waals surface area (Å²) >= 11 is 1.26. The molecule has 0 bridgehead atoms. The van der Waals surface area contributed by atoms with Gasteiger partial charge in [0.1, 0.15) is 17.5 Å². The molecule has 5 N–H and O–H groups in total. The van der Waals surface area contributed by atoms with Gasteiger partial charge in [0.15, 0.2) is 11.5 Å². The van der Waals surface area contributed by atoms with Crippen molar-refractivity contribution in [2.24, 2.45) is 5.73 Å². The minimum Gasteiger partial charge on any atom is -0.493 e.